The van der Waals surface area contributed by atoms with Gasteiger partial charge in [0.2, 0.25) is 0 Å². The summed E-state index contributed by atoms with van der Waals surface area (Å²) in [5, 5.41) is 9.65. The van der Waals surface area contributed by atoms with Crippen LogP contribution in [0.1, 0.15) is 5.56 Å². The summed E-state index contributed by atoms with van der Waals surface area (Å²) in [6.45, 7) is 0. The zero-order chi connectivity index (χ0) is 9.42. The van der Waals surface area contributed by atoms with Crippen LogP contribution in [-0.4, -0.2) is 9.55 Å². The van der Waals surface area contributed by atoms with E-state index >= 15 is 0 Å². The highest BCUT2D eigenvalue weighted by Gasteiger charge is 2.04. The molecule has 4 nitrogen and oxygen atoms in total. The molecule has 64 valence electrons. The van der Waals surface area contributed by atoms with Crippen LogP contribution in [0.4, 0.5) is 5.82 Å². The molecular weight excluding hydrogens is 164 g/mol. The van der Waals surface area contributed by atoms with Crippen molar-refractivity contribution < 1.29 is 0 Å². The molecule has 0 aromatic carbocycles. The zero-order valence-corrected chi connectivity index (χ0v) is 7.15. The van der Waals surface area contributed by atoms with Crippen LogP contribution in [0.3, 0.4) is 0 Å². The van der Waals surface area contributed by atoms with Crippen LogP contribution in [0.15, 0.2) is 18.3 Å². The summed E-state index contributed by atoms with van der Waals surface area (Å²) in [7, 11) is 1.89. The Hall–Kier alpha value is -2.02. The summed E-state index contributed by atoms with van der Waals surface area (Å²) >= 11 is 0. The number of nitriles is 1. The standard InChI is InChI=1S/C9H8N4/c1-13-3-2-6-4-7(5-10)8(11)12-9(6)13/h2-4H,1H3,(H2,11,12). The van der Waals surface area contributed by atoms with Crippen molar-refractivity contribution in [2.45, 2.75) is 0 Å². The molecular formula is C9H8N4. The largest absolute Gasteiger partial charge is 0.383 e. The van der Waals surface area contributed by atoms with Gasteiger partial charge in [0.05, 0.1) is 5.56 Å². The molecule has 0 aliphatic rings. The molecule has 0 fully saturated rings. The van der Waals surface area contributed by atoms with Gasteiger partial charge >= 0.3 is 0 Å². The van der Waals surface area contributed by atoms with Crippen LogP contribution in [0, 0.1) is 11.3 Å². The zero-order valence-electron chi connectivity index (χ0n) is 7.15. The monoisotopic (exact) mass is 172 g/mol. The van der Waals surface area contributed by atoms with Crippen molar-refractivity contribution in [3.05, 3.63) is 23.9 Å². The summed E-state index contributed by atoms with van der Waals surface area (Å²) in [5.74, 6) is 0.289. The molecule has 0 atom stereocenters. The number of nitrogens with zero attached hydrogens (tertiary/aromatic N) is 3. The lowest BCUT2D eigenvalue weighted by atomic mass is 10.2. The number of hydrogen-bond acceptors (Lipinski definition) is 3. The average molecular weight is 172 g/mol. The average Bonchev–Trinajstić information content (AvgIpc) is 2.47. The minimum atomic E-state index is 0.289. The molecule has 13 heavy (non-hydrogen) atoms. The molecule has 0 aliphatic carbocycles. The fourth-order valence-corrected chi connectivity index (χ4v) is 1.29. The van der Waals surface area contributed by atoms with Gasteiger partial charge in [-0.1, -0.05) is 0 Å². The van der Waals surface area contributed by atoms with Crippen molar-refractivity contribution in [2.75, 3.05) is 5.73 Å². The molecule has 2 aromatic heterocycles. The van der Waals surface area contributed by atoms with E-state index in [-0.39, 0.29) is 5.82 Å². The number of fused-ring (bicyclic) bond motifs is 1. The van der Waals surface area contributed by atoms with E-state index in [9.17, 15) is 0 Å². The Labute approximate surface area is 75.2 Å². The third-order valence-electron chi connectivity index (χ3n) is 1.99. The minimum absolute atomic E-state index is 0.289. The summed E-state index contributed by atoms with van der Waals surface area (Å²) in [4.78, 5) is 4.12. The lowest BCUT2D eigenvalue weighted by molar-refractivity contribution is 0.949. The predicted octanol–water partition coefficient (Wildman–Crippen LogP) is 1.03. The lowest BCUT2D eigenvalue weighted by Crippen LogP contribution is -1.96. The molecule has 2 heterocycles. The summed E-state index contributed by atoms with van der Waals surface area (Å²) in [6, 6.07) is 5.65. The quantitative estimate of drug-likeness (QED) is 0.645. The van der Waals surface area contributed by atoms with Gasteiger partial charge in [-0.25, -0.2) is 4.98 Å². The van der Waals surface area contributed by atoms with E-state index in [1.54, 1.807) is 6.07 Å². The van der Waals surface area contributed by atoms with Crippen LogP contribution in [-0.2, 0) is 7.05 Å². The van der Waals surface area contributed by atoms with Gasteiger partial charge in [-0.3, -0.25) is 0 Å². The van der Waals surface area contributed by atoms with Gasteiger partial charge in [-0.05, 0) is 12.1 Å². The van der Waals surface area contributed by atoms with Crippen LogP contribution < -0.4 is 5.73 Å². The Morgan fingerprint density at radius 2 is 2.38 bits per heavy atom. The maximum absolute atomic E-state index is 8.71. The van der Waals surface area contributed by atoms with Gasteiger partial charge in [-0.2, -0.15) is 5.26 Å². The van der Waals surface area contributed by atoms with Gasteiger partial charge in [0, 0.05) is 18.6 Å². The third kappa shape index (κ3) is 1.02. The third-order valence-corrected chi connectivity index (χ3v) is 1.99. The molecule has 0 saturated carbocycles. The Kier molecular flexibility index (Phi) is 1.46. The first kappa shape index (κ1) is 7.62. The van der Waals surface area contributed by atoms with E-state index in [2.05, 4.69) is 4.98 Å². The second-order valence-corrected chi connectivity index (χ2v) is 2.87. The molecule has 4 heteroatoms. The number of pyridine rings is 1. The van der Waals surface area contributed by atoms with Crippen LogP contribution in [0.2, 0.25) is 0 Å². The number of nitrogen functional groups attached to an aromatic ring is 1. The van der Waals surface area contributed by atoms with Gasteiger partial charge in [0.25, 0.3) is 0 Å². The first-order chi connectivity index (χ1) is 6.22. The Morgan fingerprint density at radius 1 is 1.62 bits per heavy atom. The van der Waals surface area contributed by atoms with Crippen LogP contribution in [0.5, 0.6) is 0 Å². The molecule has 0 radical (unpaired) electrons. The summed E-state index contributed by atoms with van der Waals surface area (Å²) in [6.07, 6.45) is 1.89. The predicted molar refractivity (Wildman–Crippen MR) is 49.8 cm³/mol. The number of hydrogen-bond donors (Lipinski definition) is 1. The van der Waals surface area contributed by atoms with E-state index in [0.29, 0.717) is 5.56 Å². The lowest BCUT2D eigenvalue weighted by Gasteiger charge is -1.98. The van der Waals surface area contributed by atoms with Crippen LogP contribution >= 0.6 is 0 Å². The number of rotatable bonds is 0. The Bertz CT molecular complexity index is 504. The summed E-state index contributed by atoms with van der Waals surface area (Å²) in [5.41, 5.74) is 6.81. The Balaban J connectivity index is 2.85. The first-order valence-corrected chi connectivity index (χ1v) is 3.84. The minimum Gasteiger partial charge on any atom is -0.383 e. The van der Waals surface area contributed by atoms with Crippen molar-refractivity contribution in [2.24, 2.45) is 7.05 Å². The van der Waals surface area contributed by atoms with Crippen molar-refractivity contribution >= 4 is 16.9 Å². The van der Waals surface area contributed by atoms with Crippen molar-refractivity contribution in [3.8, 4) is 6.07 Å². The Morgan fingerprint density at radius 3 is 3.08 bits per heavy atom. The van der Waals surface area contributed by atoms with Gasteiger partial charge < -0.3 is 10.3 Å². The topological polar surface area (TPSA) is 67.6 Å². The van der Waals surface area contributed by atoms with E-state index < -0.39 is 0 Å². The second-order valence-electron chi connectivity index (χ2n) is 2.87. The fraction of sp³-hybridized carbons (Fsp3) is 0.111. The maximum atomic E-state index is 8.71. The highest BCUT2D eigenvalue weighted by Crippen LogP contribution is 2.17. The molecule has 0 spiro atoms. The van der Waals surface area contributed by atoms with E-state index in [1.807, 2.05) is 29.9 Å². The van der Waals surface area contributed by atoms with Gasteiger partial charge in [-0.15, -0.1) is 0 Å². The van der Waals surface area contributed by atoms with E-state index in [1.165, 1.54) is 0 Å². The van der Waals surface area contributed by atoms with E-state index in [0.717, 1.165) is 11.0 Å². The number of anilines is 1. The fourth-order valence-electron chi connectivity index (χ4n) is 1.29. The number of aromatic nitrogens is 2. The number of nitrogens with two attached hydrogens (primary N) is 1. The van der Waals surface area contributed by atoms with Crippen molar-refractivity contribution in [1.82, 2.24) is 9.55 Å². The highest BCUT2D eigenvalue weighted by molar-refractivity contribution is 5.80. The molecule has 0 unspecified atom stereocenters. The molecule has 0 amide bonds. The second kappa shape index (κ2) is 2.49. The van der Waals surface area contributed by atoms with Crippen molar-refractivity contribution in [3.63, 3.8) is 0 Å². The molecule has 2 N–H and O–H groups in total. The van der Waals surface area contributed by atoms with Crippen molar-refractivity contribution in [1.29, 1.82) is 5.26 Å². The molecule has 2 aromatic rings. The van der Waals surface area contributed by atoms with Gasteiger partial charge in [0.15, 0.2) is 0 Å². The van der Waals surface area contributed by atoms with Crippen LogP contribution in [0.25, 0.3) is 11.0 Å². The molecule has 0 saturated heterocycles. The van der Waals surface area contributed by atoms with Gasteiger partial charge in [0.1, 0.15) is 17.5 Å². The normalized spacial score (nSPS) is 10.2. The van der Waals surface area contributed by atoms with E-state index in [4.69, 9.17) is 11.0 Å². The molecule has 2 rings (SSSR count). The SMILES string of the molecule is Cn1ccc2cc(C#N)c(N)nc21. The highest BCUT2D eigenvalue weighted by atomic mass is 15.0. The maximum Gasteiger partial charge on any atom is 0.143 e. The molecule has 0 aliphatic heterocycles. The first-order valence-electron chi connectivity index (χ1n) is 3.84. The smallest absolute Gasteiger partial charge is 0.143 e. The number of aryl methyl sites for hydroxylation is 1. The summed E-state index contributed by atoms with van der Waals surface area (Å²) < 4.78 is 1.87. The molecule has 0 bridgehead atoms.